The van der Waals surface area contributed by atoms with E-state index >= 15 is 0 Å². The Balaban J connectivity index is 2.80. The van der Waals surface area contributed by atoms with Gasteiger partial charge in [0.25, 0.3) is 0 Å². The molecule has 0 bridgehead atoms. The van der Waals surface area contributed by atoms with Gasteiger partial charge in [-0.15, -0.1) is 0 Å². The molecule has 0 radical (unpaired) electrons. The summed E-state index contributed by atoms with van der Waals surface area (Å²) in [6.07, 6.45) is 1.17. The van der Waals surface area contributed by atoms with Crippen molar-refractivity contribution >= 4 is 5.69 Å². The van der Waals surface area contributed by atoms with E-state index in [0.29, 0.717) is 11.3 Å². The molecule has 1 nitrogen and oxygen atoms in total. The lowest BCUT2D eigenvalue weighted by Crippen LogP contribution is -2.11. The molecule has 0 unspecified atom stereocenters. The zero-order valence-corrected chi connectivity index (χ0v) is 9.67. The minimum Gasteiger partial charge on any atom is -0.398 e. The van der Waals surface area contributed by atoms with Crippen LogP contribution in [0.25, 0.3) is 0 Å². The summed E-state index contributed by atoms with van der Waals surface area (Å²) in [6.45, 7) is 9.05. The fourth-order valence-corrected chi connectivity index (χ4v) is 1.99. The molecule has 0 amide bonds. The lowest BCUT2D eigenvalue weighted by atomic mass is 9.82. The number of hydrogen-bond acceptors (Lipinski definition) is 1. The van der Waals surface area contributed by atoms with Crippen LogP contribution in [0.1, 0.15) is 45.6 Å². The van der Waals surface area contributed by atoms with Crippen molar-refractivity contribution in [3.8, 4) is 0 Å². The van der Waals surface area contributed by atoms with Crippen molar-refractivity contribution in [3.05, 3.63) is 29.8 Å². The van der Waals surface area contributed by atoms with Gasteiger partial charge in [-0.3, -0.25) is 0 Å². The van der Waals surface area contributed by atoms with Gasteiger partial charge in [-0.2, -0.15) is 0 Å². The van der Waals surface area contributed by atoms with Gasteiger partial charge in [0.05, 0.1) is 0 Å². The van der Waals surface area contributed by atoms with Crippen molar-refractivity contribution in [1.29, 1.82) is 0 Å². The smallest absolute Gasteiger partial charge is 0.0349 e. The van der Waals surface area contributed by atoms with Crippen LogP contribution in [-0.2, 0) is 0 Å². The number of benzene rings is 1. The summed E-state index contributed by atoms with van der Waals surface area (Å²) < 4.78 is 0. The van der Waals surface area contributed by atoms with E-state index in [9.17, 15) is 0 Å². The maximum atomic E-state index is 5.94. The average molecular weight is 191 g/mol. The van der Waals surface area contributed by atoms with E-state index in [1.807, 2.05) is 12.1 Å². The van der Waals surface area contributed by atoms with Crippen molar-refractivity contribution in [2.45, 2.75) is 40.0 Å². The zero-order valence-electron chi connectivity index (χ0n) is 9.67. The minimum atomic E-state index is 0.363. The van der Waals surface area contributed by atoms with Gasteiger partial charge in [-0.1, -0.05) is 45.9 Å². The van der Waals surface area contributed by atoms with Crippen LogP contribution in [0, 0.1) is 5.41 Å². The molecule has 0 spiro atoms. The van der Waals surface area contributed by atoms with Crippen molar-refractivity contribution < 1.29 is 0 Å². The third-order valence-electron chi connectivity index (χ3n) is 2.45. The Morgan fingerprint density at radius 1 is 1.21 bits per heavy atom. The van der Waals surface area contributed by atoms with Crippen LogP contribution < -0.4 is 5.73 Å². The quantitative estimate of drug-likeness (QED) is 0.707. The van der Waals surface area contributed by atoms with Gasteiger partial charge in [0.1, 0.15) is 0 Å². The molecule has 0 saturated carbocycles. The van der Waals surface area contributed by atoms with Crippen LogP contribution in [0.15, 0.2) is 24.3 Å². The monoisotopic (exact) mass is 191 g/mol. The molecule has 1 aromatic rings. The van der Waals surface area contributed by atoms with Gasteiger partial charge in [0.15, 0.2) is 0 Å². The van der Waals surface area contributed by atoms with E-state index in [1.54, 1.807) is 0 Å². The van der Waals surface area contributed by atoms with E-state index in [1.165, 1.54) is 12.0 Å². The van der Waals surface area contributed by atoms with Gasteiger partial charge in [0, 0.05) is 5.69 Å². The lowest BCUT2D eigenvalue weighted by Gasteiger charge is -2.24. The molecule has 0 aliphatic rings. The van der Waals surface area contributed by atoms with Crippen molar-refractivity contribution in [1.82, 2.24) is 0 Å². The molecule has 1 heteroatoms. The molecular formula is C13H21N. The molecule has 0 fully saturated rings. The third-order valence-corrected chi connectivity index (χ3v) is 2.45. The van der Waals surface area contributed by atoms with Gasteiger partial charge in [0.2, 0.25) is 0 Å². The minimum absolute atomic E-state index is 0.363. The Kier molecular flexibility index (Phi) is 3.20. The molecule has 0 aliphatic carbocycles. The molecule has 1 atom stereocenters. The molecule has 1 aromatic carbocycles. The molecule has 1 rings (SSSR count). The molecule has 0 aliphatic heterocycles. The fourth-order valence-electron chi connectivity index (χ4n) is 1.99. The Morgan fingerprint density at radius 3 is 2.29 bits per heavy atom. The van der Waals surface area contributed by atoms with Crippen LogP contribution in [0.4, 0.5) is 5.69 Å². The van der Waals surface area contributed by atoms with Gasteiger partial charge in [-0.05, 0) is 29.4 Å². The van der Waals surface area contributed by atoms with Gasteiger partial charge in [-0.25, -0.2) is 0 Å². The molecular weight excluding hydrogens is 170 g/mol. The maximum absolute atomic E-state index is 5.94. The highest BCUT2D eigenvalue weighted by molar-refractivity contribution is 5.48. The number of para-hydroxylation sites is 1. The highest BCUT2D eigenvalue weighted by Crippen LogP contribution is 2.32. The summed E-state index contributed by atoms with van der Waals surface area (Å²) in [5.41, 5.74) is 8.50. The summed E-state index contributed by atoms with van der Waals surface area (Å²) in [4.78, 5) is 0. The van der Waals surface area contributed by atoms with E-state index in [4.69, 9.17) is 5.73 Å². The van der Waals surface area contributed by atoms with Gasteiger partial charge < -0.3 is 5.73 Å². The van der Waals surface area contributed by atoms with Crippen LogP contribution >= 0.6 is 0 Å². The predicted octanol–water partition coefficient (Wildman–Crippen LogP) is 3.81. The summed E-state index contributed by atoms with van der Waals surface area (Å²) in [5.74, 6) is 0.538. The predicted molar refractivity (Wildman–Crippen MR) is 63.3 cm³/mol. The topological polar surface area (TPSA) is 26.0 Å². The Bertz CT molecular complexity index is 296. The van der Waals surface area contributed by atoms with Crippen LogP contribution in [0.5, 0.6) is 0 Å². The molecule has 0 saturated heterocycles. The third kappa shape index (κ3) is 3.06. The average Bonchev–Trinajstić information content (AvgIpc) is 2.01. The Labute approximate surface area is 87.3 Å². The molecule has 0 heterocycles. The standard InChI is InChI=1S/C13H21N/c1-10(9-13(2,3)4)11-7-5-6-8-12(11)14/h5-8,10H,9,14H2,1-4H3/t10-/m0/s1. The van der Waals surface area contributed by atoms with Crippen LogP contribution in [0.2, 0.25) is 0 Å². The summed E-state index contributed by atoms with van der Waals surface area (Å²) in [6, 6.07) is 8.16. The molecule has 2 N–H and O–H groups in total. The molecule has 78 valence electrons. The fraction of sp³-hybridized carbons (Fsp3) is 0.538. The first-order chi connectivity index (χ1) is 6.40. The second-order valence-corrected chi connectivity index (χ2v) is 5.29. The highest BCUT2D eigenvalue weighted by Gasteiger charge is 2.17. The molecule has 14 heavy (non-hydrogen) atoms. The SMILES string of the molecule is C[C@@H](CC(C)(C)C)c1ccccc1N. The highest BCUT2D eigenvalue weighted by atomic mass is 14.6. The first-order valence-electron chi connectivity index (χ1n) is 5.24. The second kappa shape index (κ2) is 4.04. The van der Waals surface area contributed by atoms with E-state index in [-0.39, 0.29) is 0 Å². The zero-order chi connectivity index (χ0) is 10.8. The normalized spacial score (nSPS) is 14.0. The Hall–Kier alpha value is -0.980. The number of hydrogen-bond donors (Lipinski definition) is 1. The van der Waals surface area contributed by atoms with E-state index < -0.39 is 0 Å². The summed E-state index contributed by atoms with van der Waals surface area (Å²) >= 11 is 0. The van der Waals surface area contributed by atoms with Gasteiger partial charge >= 0.3 is 0 Å². The first-order valence-corrected chi connectivity index (χ1v) is 5.24. The first kappa shape index (κ1) is 11.1. The maximum Gasteiger partial charge on any atom is 0.0349 e. The van der Waals surface area contributed by atoms with Crippen molar-refractivity contribution in [3.63, 3.8) is 0 Å². The largest absolute Gasteiger partial charge is 0.398 e. The van der Waals surface area contributed by atoms with Crippen molar-refractivity contribution in [2.75, 3.05) is 5.73 Å². The Morgan fingerprint density at radius 2 is 1.79 bits per heavy atom. The summed E-state index contributed by atoms with van der Waals surface area (Å²) in [7, 11) is 0. The van der Waals surface area contributed by atoms with E-state index in [2.05, 4.69) is 39.8 Å². The summed E-state index contributed by atoms with van der Waals surface area (Å²) in [5, 5.41) is 0. The van der Waals surface area contributed by atoms with E-state index in [0.717, 1.165) is 5.69 Å². The number of nitrogens with two attached hydrogens (primary N) is 1. The number of rotatable bonds is 2. The number of anilines is 1. The van der Waals surface area contributed by atoms with Crippen molar-refractivity contribution in [2.24, 2.45) is 5.41 Å². The van der Waals surface area contributed by atoms with Crippen LogP contribution in [-0.4, -0.2) is 0 Å². The molecule has 0 aromatic heterocycles. The number of nitrogen functional groups attached to an aromatic ring is 1. The van der Waals surface area contributed by atoms with Crippen LogP contribution in [0.3, 0.4) is 0 Å². The second-order valence-electron chi connectivity index (χ2n) is 5.29. The lowest BCUT2D eigenvalue weighted by molar-refractivity contribution is 0.349.